The molecule has 4 rings (SSSR count). The maximum absolute atomic E-state index is 5.46. The van der Waals surface area contributed by atoms with Gasteiger partial charge < -0.3 is 9.47 Å². The van der Waals surface area contributed by atoms with Gasteiger partial charge in [0, 0.05) is 15.6 Å². The third kappa shape index (κ3) is 2.88. The first-order valence-electron chi connectivity index (χ1n) is 7.15. The molecule has 1 aliphatic heterocycles. The molecule has 23 heavy (non-hydrogen) atoms. The molecule has 116 valence electrons. The van der Waals surface area contributed by atoms with Gasteiger partial charge in [-0.05, 0) is 30.7 Å². The summed E-state index contributed by atoms with van der Waals surface area (Å²) in [4.78, 5) is 9.09. The average molecular weight is 389 g/mol. The van der Waals surface area contributed by atoms with Crippen LogP contribution in [0.4, 0.5) is 0 Å². The van der Waals surface area contributed by atoms with Gasteiger partial charge in [-0.3, -0.25) is 0 Å². The summed E-state index contributed by atoms with van der Waals surface area (Å²) in [5.74, 6) is 3.16. The molecule has 0 aliphatic carbocycles. The highest BCUT2D eigenvalue weighted by molar-refractivity contribution is 9.10. The van der Waals surface area contributed by atoms with E-state index in [4.69, 9.17) is 9.47 Å². The van der Waals surface area contributed by atoms with Crippen LogP contribution in [-0.2, 0) is 5.75 Å². The molecule has 1 aliphatic rings. The van der Waals surface area contributed by atoms with E-state index in [-0.39, 0.29) is 6.79 Å². The zero-order valence-electron chi connectivity index (χ0n) is 12.4. The van der Waals surface area contributed by atoms with Crippen LogP contribution in [0.2, 0.25) is 0 Å². The lowest BCUT2D eigenvalue weighted by Crippen LogP contribution is -1.93. The molecule has 0 bridgehead atoms. The second-order valence-electron chi connectivity index (χ2n) is 5.18. The zero-order valence-corrected chi connectivity index (χ0v) is 14.8. The van der Waals surface area contributed by atoms with Gasteiger partial charge in [0.25, 0.3) is 0 Å². The number of fused-ring (bicyclic) bond motifs is 2. The fraction of sp³-hybridized carbons (Fsp3) is 0.176. The Balaban J connectivity index is 1.65. The van der Waals surface area contributed by atoms with E-state index in [0.717, 1.165) is 49.0 Å². The van der Waals surface area contributed by atoms with Crippen molar-refractivity contribution in [3.8, 4) is 11.5 Å². The Labute approximate surface area is 146 Å². The highest BCUT2D eigenvalue weighted by Gasteiger charge is 2.17. The number of aromatic nitrogens is 2. The number of hydrogen-bond acceptors (Lipinski definition) is 5. The number of benzene rings is 2. The molecule has 0 saturated carbocycles. The van der Waals surface area contributed by atoms with E-state index >= 15 is 0 Å². The summed E-state index contributed by atoms with van der Waals surface area (Å²) in [5.41, 5.74) is 2.13. The lowest BCUT2D eigenvalue weighted by Gasteiger charge is -2.08. The minimum Gasteiger partial charge on any atom is -0.454 e. The maximum Gasteiger partial charge on any atom is 0.231 e. The van der Waals surface area contributed by atoms with E-state index in [1.54, 1.807) is 11.8 Å². The minimum absolute atomic E-state index is 0.286. The highest BCUT2D eigenvalue weighted by Crippen LogP contribution is 2.39. The Kier molecular flexibility index (Phi) is 3.87. The number of ether oxygens (including phenoxy) is 2. The van der Waals surface area contributed by atoms with Crippen molar-refractivity contribution < 1.29 is 9.47 Å². The lowest BCUT2D eigenvalue weighted by atomic mass is 10.2. The summed E-state index contributed by atoms with van der Waals surface area (Å²) in [5, 5.41) is 2.08. The van der Waals surface area contributed by atoms with Gasteiger partial charge in [-0.1, -0.05) is 34.1 Å². The first kappa shape index (κ1) is 14.8. The van der Waals surface area contributed by atoms with Crippen molar-refractivity contribution in [2.24, 2.45) is 0 Å². The van der Waals surface area contributed by atoms with Gasteiger partial charge in [-0.15, -0.1) is 11.8 Å². The third-order valence-corrected chi connectivity index (χ3v) is 5.36. The molecule has 3 aromatic rings. The second-order valence-corrected chi connectivity index (χ2v) is 7.00. The van der Waals surface area contributed by atoms with Crippen LogP contribution in [0, 0.1) is 6.92 Å². The van der Waals surface area contributed by atoms with E-state index in [1.165, 1.54) is 0 Å². The van der Waals surface area contributed by atoms with E-state index in [9.17, 15) is 0 Å². The number of rotatable bonds is 3. The summed E-state index contributed by atoms with van der Waals surface area (Å²) >= 11 is 5.31. The normalized spacial score (nSPS) is 12.8. The van der Waals surface area contributed by atoms with E-state index in [1.807, 2.05) is 37.3 Å². The molecular weight excluding hydrogens is 376 g/mol. The van der Waals surface area contributed by atoms with Crippen LogP contribution in [0.3, 0.4) is 0 Å². The summed E-state index contributed by atoms with van der Waals surface area (Å²) < 4.78 is 11.9. The average Bonchev–Trinajstić information content (AvgIpc) is 2.99. The van der Waals surface area contributed by atoms with E-state index < -0.39 is 0 Å². The molecule has 2 heterocycles. The molecule has 0 saturated heterocycles. The van der Waals surface area contributed by atoms with Crippen molar-refractivity contribution in [3.05, 3.63) is 52.3 Å². The van der Waals surface area contributed by atoms with Crippen LogP contribution in [0.25, 0.3) is 10.9 Å². The molecule has 0 amide bonds. The molecule has 0 spiro atoms. The number of aryl methyl sites for hydroxylation is 1. The third-order valence-electron chi connectivity index (χ3n) is 3.59. The van der Waals surface area contributed by atoms with Crippen LogP contribution in [-0.4, -0.2) is 16.8 Å². The Morgan fingerprint density at radius 1 is 1.13 bits per heavy atom. The molecule has 4 nitrogen and oxygen atoms in total. The molecule has 0 radical (unpaired) electrons. The van der Waals surface area contributed by atoms with Gasteiger partial charge in [0.2, 0.25) is 6.79 Å². The first-order chi connectivity index (χ1) is 11.2. The van der Waals surface area contributed by atoms with Crippen LogP contribution in [0.1, 0.15) is 11.4 Å². The van der Waals surface area contributed by atoms with Crippen molar-refractivity contribution in [3.63, 3.8) is 0 Å². The second kappa shape index (κ2) is 6.02. The number of hydrogen-bond donors (Lipinski definition) is 0. The van der Waals surface area contributed by atoms with Crippen LogP contribution >= 0.6 is 27.7 Å². The van der Waals surface area contributed by atoms with Crippen molar-refractivity contribution in [2.45, 2.75) is 17.7 Å². The maximum atomic E-state index is 5.46. The van der Waals surface area contributed by atoms with Gasteiger partial charge in [-0.2, -0.15) is 0 Å². The monoisotopic (exact) mass is 388 g/mol. The van der Waals surface area contributed by atoms with Gasteiger partial charge >= 0.3 is 0 Å². The molecule has 0 fully saturated rings. The van der Waals surface area contributed by atoms with Crippen LogP contribution in [0.15, 0.2) is 45.9 Å². The highest BCUT2D eigenvalue weighted by atomic mass is 79.9. The fourth-order valence-electron chi connectivity index (χ4n) is 2.48. The standard InChI is InChI=1S/C17H13BrN2O2S/c1-10-19-14-5-3-2-4-12(14)17(20-10)23-8-11-6-15-16(7-13(11)18)22-9-21-15/h2-7H,8-9H2,1H3. The summed E-state index contributed by atoms with van der Waals surface area (Å²) in [7, 11) is 0. The molecule has 2 aromatic carbocycles. The zero-order chi connectivity index (χ0) is 15.8. The Hall–Kier alpha value is -1.79. The molecular formula is C17H13BrN2O2S. The largest absolute Gasteiger partial charge is 0.454 e. The molecule has 0 N–H and O–H groups in total. The lowest BCUT2D eigenvalue weighted by molar-refractivity contribution is 0.174. The molecule has 0 unspecified atom stereocenters. The van der Waals surface area contributed by atoms with Gasteiger partial charge in [-0.25, -0.2) is 9.97 Å². The van der Waals surface area contributed by atoms with Crippen LogP contribution < -0.4 is 9.47 Å². The van der Waals surface area contributed by atoms with Gasteiger partial charge in [0.05, 0.1) is 5.52 Å². The quantitative estimate of drug-likeness (QED) is 0.479. The molecule has 6 heteroatoms. The number of halogens is 1. The summed E-state index contributed by atoms with van der Waals surface area (Å²) in [6, 6.07) is 12.1. The summed E-state index contributed by atoms with van der Waals surface area (Å²) in [6.07, 6.45) is 0. The fourth-order valence-corrected chi connectivity index (χ4v) is 4.19. The van der Waals surface area contributed by atoms with Crippen molar-refractivity contribution in [1.29, 1.82) is 0 Å². The van der Waals surface area contributed by atoms with Crippen molar-refractivity contribution >= 4 is 38.6 Å². The predicted octanol–water partition coefficient (Wildman–Crippen LogP) is 4.72. The number of thioether (sulfide) groups is 1. The minimum atomic E-state index is 0.286. The van der Waals surface area contributed by atoms with Crippen molar-refractivity contribution in [2.75, 3.05) is 6.79 Å². The smallest absolute Gasteiger partial charge is 0.231 e. The predicted molar refractivity (Wildman–Crippen MR) is 94.1 cm³/mol. The van der Waals surface area contributed by atoms with Gasteiger partial charge in [0.15, 0.2) is 11.5 Å². The first-order valence-corrected chi connectivity index (χ1v) is 8.93. The Morgan fingerprint density at radius 3 is 2.78 bits per heavy atom. The Morgan fingerprint density at radius 2 is 1.91 bits per heavy atom. The molecule has 1 aromatic heterocycles. The van der Waals surface area contributed by atoms with Gasteiger partial charge in [0.1, 0.15) is 10.9 Å². The van der Waals surface area contributed by atoms with E-state index in [0.29, 0.717) is 0 Å². The number of nitrogens with zero attached hydrogens (tertiary/aromatic N) is 2. The number of para-hydroxylation sites is 1. The molecule has 0 atom stereocenters. The SMILES string of the molecule is Cc1nc(SCc2cc3c(cc2Br)OCO3)c2ccccc2n1. The van der Waals surface area contributed by atoms with Crippen LogP contribution in [0.5, 0.6) is 11.5 Å². The topological polar surface area (TPSA) is 44.2 Å². The summed E-state index contributed by atoms with van der Waals surface area (Å²) in [6.45, 7) is 2.21. The Bertz CT molecular complexity index is 901. The van der Waals surface area contributed by atoms with E-state index in [2.05, 4.69) is 32.0 Å². The van der Waals surface area contributed by atoms with Crippen molar-refractivity contribution in [1.82, 2.24) is 9.97 Å².